The highest BCUT2D eigenvalue weighted by molar-refractivity contribution is 9.10. The van der Waals surface area contributed by atoms with Crippen LogP contribution in [0.5, 0.6) is 0 Å². The van der Waals surface area contributed by atoms with E-state index >= 15 is 0 Å². The van der Waals surface area contributed by atoms with Gasteiger partial charge in [0.05, 0.1) is 30.9 Å². The smallest absolute Gasteiger partial charge is 0.161 e. The summed E-state index contributed by atoms with van der Waals surface area (Å²) in [5.74, 6) is -0.539. The number of nitrogens with one attached hydrogen (secondary N) is 1. The summed E-state index contributed by atoms with van der Waals surface area (Å²) in [7, 11) is 0. The van der Waals surface area contributed by atoms with Gasteiger partial charge >= 0.3 is 0 Å². The summed E-state index contributed by atoms with van der Waals surface area (Å²) in [6.07, 6.45) is 0. The SMILES string of the molecule is NC(=S)c1ccc(Nc2cc(Cl)c(Cl)cc2Cl)c(F)c1Br. The number of rotatable bonds is 3. The summed E-state index contributed by atoms with van der Waals surface area (Å²) in [6.45, 7) is 0. The van der Waals surface area contributed by atoms with Gasteiger partial charge in [-0.1, -0.05) is 47.0 Å². The lowest BCUT2D eigenvalue weighted by molar-refractivity contribution is 0.625. The Morgan fingerprint density at radius 2 is 1.71 bits per heavy atom. The normalized spacial score (nSPS) is 10.5. The van der Waals surface area contributed by atoms with Gasteiger partial charge in [0.1, 0.15) is 4.99 Å². The van der Waals surface area contributed by atoms with Crippen molar-refractivity contribution in [2.24, 2.45) is 5.73 Å². The molecule has 0 amide bonds. The molecule has 0 fully saturated rings. The van der Waals surface area contributed by atoms with Crippen LogP contribution >= 0.6 is 63.0 Å². The zero-order valence-electron chi connectivity index (χ0n) is 10.2. The highest BCUT2D eigenvalue weighted by atomic mass is 79.9. The molecule has 0 radical (unpaired) electrons. The largest absolute Gasteiger partial charge is 0.389 e. The monoisotopic (exact) mass is 426 g/mol. The molecule has 0 aliphatic rings. The van der Waals surface area contributed by atoms with E-state index in [1.165, 1.54) is 18.2 Å². The van der Waals surface area contributed by atoms with E-state index in [4.69, 9.17) is 52.8 Å². The van der Waals surface area contributed by atoms with Gasteiger partial charge in [-0.05, 0) is 40.2 Å². The molecule has 0 aromatic heterocycles. The molecule has 2 aromatic carbocycles. The van der Waals surface area contributed by atoms with Gasteiger partial charge in [0.25, 0.3) is 0 Å². The molecule has 0 unspecified atom stereocenters. The topological polar surface area (TPSA) is 38.0 Å². The zero-order valence-corrected chi connectivity index (χ0v) is 14.9. The first kappa shape index (κ1) is 16.8. The number of anilines is 2. The fourth-order valence-corrected chi connectivity index (χ4v) is 3.05. The fraction of sp³-hybridized carbons (Fsp3) is 0. The number of hydrogen-bond acceptors (Lipinski definition) is 2. The van der Waals surface area contributed by atoms with E-state index < -0.39 is 5.82 Å². The highest BCUT2D eigenvalue weighted by Crippen LogP contribution is 2.36. The van der Waals surface area contributed by atoms with Gasteiger partial charge in [0, 0.05) is 5.56 Å². The average molecular weight is 429 g/mol. The predicted octanol–water partition coefficient (Wildman–Crippen LogP) is 5.93. The van der Waals surface area contributed by atoms with E-state index in [2.05, 4.69) is 21.2 Å². The predicted molar refractivity (Wildman–Crippen MR) is 94.7 cm³/mol. The van der Waals surface area contributed by atoms with E-state index in [1.54, 1.807) is 6.07 Å². The van der Waals surface area contributed by atoms with Crippen LogP contribution in [0.15, 0.2) is 28.7 Å². The van der Waals surface area contributed by atoms with E-state index in [0.717, 1.165) is 0 Å². The molecule has 0 saturated heterocycles. The van der Waals surface area contributed by atoms with E-state index in [9.17, 15) is 4.39 Å². The summed E-state index contributed by atoms with van der Waals surface area (Å²) >= 11 is 25.8. The Balaban J connectivity index is 2.43. The Kier molecular flexibility index (Phi) is 5.33. The minimum absolute atomic E-state index is 0.0971. The van der Waals surface area contributed by atoms with Gasteiger partial charge in [-0.25, -0.2) is 4.39 Å². The Morgan fingerprint density at radius 1 is 1.10 bits per heavy atom. The molecule has 8 heteroatoms. The average Bonchev–Trinajstić information content (AvgIpc) is 2.40. The van der Waals surface area contributed by atoms with Gasteiger partial charge < -0.3 is 11.1 Å². The molecule has 21 heavy (non-hydrogen) atoms. The van der Waals surface area contributed by atoms with E-state index in [0.29, 0.717) is 26.3 Å². The second-order valence-electron chi connectivity index (χ2n) is 4.02. The van der Waals surface area contributed by atoms with Crippen molar-refractivity contribution in [3.05, 3.63) is 55.2 Å². The Bertz CT molecular complexity index is 740. The molecular weight excluding hydrogens is 421 g/mol. The molecule has 110 valence electrons. The number of thiocarbonyl (C=S) groups is 1. The molecule has 2 nitrogen and oxygen atoms in total. The van der Waals surface area contributed by atoms with Crippen LogP contribution in [-0.2, 0) is 0 Å². The summed E-state index contributed by atoms with van der Waals surface area (Å²) in [4.78, 5) is 0.0971. The first-order valence-electron chi connectivity index (χ1n) is 5.50. The third kappa shape index (κ3) is 3.60. The number of hydrogen-bond donors (Lipinski definition) is 2. The molecule has 3 N–H and O–H groups in total. The molecule has 0 saturated carbocycles. The van der Waals surface area contributed by atoms with Gasteiger partial charge in [-0.3, -0.25) is 0 Å². The van der Waals surface area contributed by atoms with Crippen molar-refractivity contribution in [1.29, 1.82) is 0 Å². The van der Waals surface area contributed by atoms with Crippen LogP contribution in [0.25, 0.3) is 0 Å². The van der Waals surface area contributed by atoms with Crippen molar-refractivity contribution < 1.29 is 4.39 Å². The molecule has 2 aromatic rings. The van der Waals surface area contributed by atoms with Crippen LogP contribution in [0, 0.1) is 5.82 Å². The van der Waals surface area contributed by atoms with Gasteiger partial charge in [-0.15, -0.1) is 0 Å². The third-order valence-corrected chi connectivity index (χ3v) is 4.66. The van der Waals surface area contributed by atoms with Crippen molar-refractivity contribution in [2.45, 2.75) is 0 Å². The minimum atomic E-state index is -0.539. The van der Waals surface area contributed by atoms with Crippen LogP contribution in [0.1, 0.15) is 5.56 Å². The lowest BCUT2D eigenvalue weighted by Gasteiger charge is -2.13. The summed E-state index contributed by atoms with van der Waals surface area (Å²) < 4.78 is 14.5. The van der Waals surface area contributed by atoms with Crippen molar-refractivity contribution in [1.82, 2.24) is 0 Å². The Morgan fingerprint density at radius 3 is 2.33 bits per heavy atom. The van der Waals surface area contributed by atoms with E-state index in [1.807, 2.05) is 0 Å². The number of halogens is 5. The molecule has 0 spiro atoms. The highest BCUT2D eigenvalue weighted by Gasteiger charge is 2.14. The van der Waals surface area contributed by atoms with Gasteiger partial charge in [-0.2, -0.15) is 0 Å². The van der Waals surface area contributed by atoms with E-state index in [-0.39, 0.29) is 15.1 Å². The molecule has 2 rings (SSSR count). The molecule has 0 aliphatic heterocycles. The first-order chi connectivity index (χ1) is 9.81. The quantitative estimate of drug-likeness (QED) is 0.470. The number of benzene rings is 2. The standard InChI is InChI=1S/C13H7BrCl3FN2S/c14-11-5(13(19)21)1-2-9(12(11)18)20-10-4-7(16)6(15)3-8(10)17/h1-4,20H,(H2,19,21). The van der Waals surface area contributed by atoms with Crippen LogP contribution in [-0.4, -0.2) is 4.99 Å². The number of nitrogens with two attached hydrogens (primary N) is 1. The lowest BCUT2D eigenvalue weighted by Crippen LogP contribution is -2.11. The summed E-state index contributed by atoms with van der Waals surface area (Å²) in [5.41, 5.74) is 6.55. The summed E-state index contributed by atoms with van der Waals surface area (Å²) in [6, 6.07) is 6.10. The fourth-order valence-electron chi connectivity index (χ4n) is 1.60. The van der Waals surface area contributed by atoms with Crippen LogP contribution < -0.4 is 11.1 Å². The van der Waals surface area contributed by atoms with Gasteiger partial charge in [0.15, 0.2) is 5.82 Å². The molecular formula is C13H7BrCl3FN2S. The Hall–Kier alpha value is -0.590. The summed E-state index contributed by atoms with van der Waals surface area (Å²) in [5, 5.41) is 3.79. The molecule has 0 atom stereocenters. The second kappa shape index (κ2) is 6.67. The second-order valence-corrected chi connectivity index (χ2v) is 6.48. The van der Waals surface area contributed by atoms with Crippen molar-refractivity contribution in [2.75, 3.05) is 5.32 Å². The van der Waals surface area contributed by atoms with Crippen LogP contribution in [0.3, 0.4) is 0 Å². The van der Waals surface area contributed by atoms with Gasteiger partial charge in [0.2, 0.25) is 0 Å². The zero-order chi connectivity index (χ0) is 15.7. The van der Waals surface area contributed by atoms with Crippen molar-refractivity contribution in [3.63, 3.8) is 0 Å². The lowest BCUT2D eigenvalue weighted by atomic mass is 10.2. The third-order valence-electron chi connectivity index (χ3n) is 2.63. The maximum absolute atomic E-state index is 14.3. The maximum Gasteiger partial charge on any atom is 0.161 e. The molecule has 0 bridgehead atoms. The minimum Gasteiger partial charge on any atom is -0.389 e. The maximum atomic E-state index is 14.3. The first-order valence-corrected chi connectivity index (χ1v) is 7.84. The van der Waals surface area contributed by atoms with Crippen molar-refractivity contribution >= 4 is 79.3 Å². The van der Waals surface area contributed by atoms with Crippen LogP contribution in [0.2, 0.25) is 15.1 Å². The molecule has 0 heterocycles. The molecule has 0 aliphatic carbocycles. The van der Waals surface area contributed by atoms with Crippen LogP contribution in [0.4, 0.5) is 15.8 Å². The Labute approximate surface area is 149 Å². The van der Waals surface area contributed by atoms with Crippen molar-refractivity contribution in [3.8, 4) is 0 Å².